The van der Waals surface area contributed by atoms with Crippen LogP contribution in [0.5, 0.6) is 0 Å². The predicted octanol–water partition coefficient (Wildman–Crippen LogP) is 1.23. The highest BCUT2D eigenvalue weighted by Gasteiger charge is 2.14. The SMILES string of the molecule is CC(=NNC(=O)Cc1cn2ccsc2n1)c1ccc(S(=O)(=O)NCCC(=O)O)cc1. The molecule has 2 heterocycles. The number of hydrogen-bond donors (Lipinski definition) is 3. The van der Waals surface area contributed by atoms with Crippen molar-refractivity contribution in [2.75, 3.05) is 6.54 Å². The third kappa shape index (κ3) is 5.49. The molecule has 0 unspecified atom stereocenters. The molecule has 0 aliphatic heterocycles. The maximum absolute atomic E-state index is 12.1. The van der Waals surface area contributed by atoms with Crippen LogP contribution in [0.4, 0.5) is 0 Å². The Kier molecular flexibility index (Phi) is 6.59. The summed E-state index contributed by atoms with van der Waals surface area (Å²) in [4.78, 5) is 27.7. The molecule has 2 aromatic heterocycles. The first-order valence-corrected chi connectivity index (χ1v) is 11.2. The molecule has 3 aromatic rings. The first kappa shape index (κ1) is 21.6. The first-order valence-electron chi connectivity index (χ1n) is 8.81. The predicted molar refractivity (Wildman–Crippen MR) is 111 cm³/mol. The van der Waals surface area contributed by atoms with E-state index in [1.54, 1.807) is 25.3 Å². The van der Waals surface area contributed by atoms with Gasteiger partial charge in [-0.05, 0) is 24.6 Å². The van der Waals surface area contributed by atoms with Crippen LogP contribution in [0.1, 0.15) is 24.6 Å². The van der Waals surface area contributed by atoms with Crippen LogP contribution < -0.4 is 10.1 Å². The molecule has 0 aliphatic carbocycles. The van der Waals surface area contributed by atoms with Crippen molar-refractivity contribution in [2.24, 2.45) is 5.10 Å². The van der Waals surface area contributed by atoms with Crippen molar-refractivity contribution in [1.29, 1.82) is 0 Å². The molecule has 1 aromatic carbocycles. The number of hydrazone groups is 1. The second kappa shape index (κ2) is 9.15. The van der Waals surface area contributed by atoms with Gasteiger partial charge in [0.2, 0.25) is 15.9 Å². The average molecular weight is 450 g/mol. The van der Waals surface area contributed by atoms with Gasteiger partial charge in [0.1, 0.15) is 0 Å². The summed E-state index contributed by atoms with van der Waals surface area (Å²) in [6.07, 6.45) is 3.43. The van der Waals surface area contributed by atoms with Gasteiger partial charge >= 0.3 is 5.97 Å². The minimum atomic E-state index is -3.80. The second-order valence-electron chi connectivity index (χ2n) is 6.30. The standard InChI is InChI=1S/C18H19N5O5S2/c1-12(21-22-16(24)10-14-11-23-8-9-29-18(23)20-14)13-2-4-15(5-3-13)30(27,28)19-7-6-17(25)26/h2-5,8-9,11,19H,6-7,10H2,1H3,(H,22,24)(H,25,26). The zero-order valence-corrected chi connectivity index (χ0v) is 17.5. The highest BCUT2D eigenvalue weighted by atomic mass is 32.2. The van der Waals surface area contributed by atoms with Crippen LogP contribution in [0.2, 0.25) is 0 Å². The van der Waals surface area contributed by atoms with Gasteiger partial charge in [0, 0.05) is 24.3 Å². The molecule has 30 heavy (non-hydrogen) atoms. The number of thiazole rings is 1. The average Bonchev–Trinajstić information content (AvgIpc) is 3.27. The van der Waals surface area contributed by atoms with E-state index in [2.05, 4.69) is 20.2 Å². The van der Waals surface area contributed by atoms with Gasteiger partial charge in [0.15, 0.2) is 4.96 Å². The number of sulfonamides is 1. The number of carbonyl (C=O) groups is 2. The Morgan fingerprint density at radius 2 is 2.00 bits per heavy atom. The monoisotopic (exact) mass is 449 g/mol. The summed E-state index contributed by atoms with van der Waals surface area (Å²) >= 11 is 1.48. The molecule has 0 aliphatic rings. The number of rotatable bonds is 9. The fraction of sp³-hybridized carbons (Fsp3) is 0.222. The van der Waals surface area contributed by atoms with E-state index < -0.39 is 16.0 Å². The number of nitrogens with zero attached hydrogens (tertiary/aromatic N) is 3. The van der Waals surface area contributed by atoms with Crippen LogP contribution in [0, 0.1) is 0 Å². The van der Waals surface area contributed by atoms with E-state index in [-0.39, 0.29) is 30.2 Å². The van der Waals surface area contributed by atoms with Crippen LogP contribution in [0.15, 0.2) is 52.0 Å². The van der Waals surface area contributed by atoms with Gasteiger partial charge in [-0.2, -0.15) is 5.10 Å². The van der Waals surface area contributed by atoms with Crippen LogP contribution in [0.3, 0.4) is 0 Å². The normalized spacial score (nSPS) is 12.2. The first-order chi connectivity index (χ1) is 14.2. The van der Waals surface area contributed by atoms with Crippen molar-refractivity contribution < 1.29 is 23.1 Å². The van der Waals surface area contributed by atoms with Crippen molar-refractivity contribution in [3.05, 3.63) is 53.3 Å². The van der Waals surface area contributed by atoms with Gasteiger partial charge in [-0.25, -0.2) is 23.5 Å². The van der Waals surface area contributed by atoms with Crippen molar-refractivity contribution in [3.8, 4) is 0 Å². The number of fused-ring (bicyclic) bond motifs is 1. The van der Waals surface area contributed by atoms with Gasteiger partial charge in [-0.3, -0.25) is 14.0 Å². The Hall–Kier alpha value is -3.09. The quantitative estimate of drug-likeness (QED) is 0.331. The molecule has 12 heteroatoms. The minimum Gasteiger partial charge on any atom is -0.481 e. The van der Waals surface area contributed by atoms with E-state index in [0.29, 0.717) is 17.0 Å². The molecule has 3 N–H and O–H groups in total. The summed E-state index contributed by atoms with van der Waals surface area (Å²) in [5.74, 6) is -1.41. The fourth-order valence-electron chi connectivity index (χ4n) is 2.53. The highest BCUT2D eigenvalue weighted by molar-refractivity contribution is 7.89. The molecule has 158 valence electrons. The molecule has 10 nitrogen and oxygen atoms in total. The van der Waals surface area contributed by atoms with Gasteiger partial charge in [-0.1, -0.05) is 12.1 Å². The number of imidazole rings is 1. The Bertz CT molecular complexity index is 1170. The fourth-order valence-corrected chi connectivity index (χ4v) is 4.28. The summed E-state index contributed by atoms with van der Waals surface area (Å²) < 4.78 is 28.3. The number of aliphatic carboxylic acids is 1. The molecule has 0 saturated carbocycles. The number of hydrogen-bond acceptors (Lipinski definition) is 7. The number of nitrogens with one attached hydrogen (secondary N) is 2. The molecule has 0 atom stereocenters. The lowest BCUT2D eigenvalue weighted by Crippen LogP contribution is -2.26. The van der Waals surface area contributed by atoms with Gasteiger partial charge in [-0.15, -0.1) is 11.3 Å². The molecule has 3 rings (SSSR count). The number of carboxylic acids is 1. The third-order valence-electron chi connectivity index (χ3n) is 4.05. The molecule has 0 bridgehead atoms. The van der Waals surface area contributed by atoms with E-state index >= 15 is 0 Å². The number of carboxylic acid groups (broad SMARTS) is 1. The minimum absolute atomic E-state index is 0.00762. The molecule has 0 spiro atoms. The van der Waals surface area contributed by atoms with Crippen molar-refractivity contribution in [3.63, 3.8) is 0 Å². The van der Waals surface area contributed by atoms with Crippen molar-refractivity contribution >= 4 is 43.9 Å². The van der Waals surface area contributed by atoms with Crippen molar-refractivity contribution in [1.82, 2.24) is 19.5 Å². The molecule has 0 saturated heterocycles. The van der Waals surface area contributed by atoms with E-state index in [9.17, 15) is 18.0 Å². The summed E-state index contributed by atoms with van der Waals surface area (Å²) in [5.41, 5.74) is 4.23. The largest absolute Gasteiger partial charge is 0.481 e. The number of carbonyl (C=O) groups excluding carboxylic acids is 1. The van der Waals surface area contributed by atoms with Crippen molar-refractivity contribution in [2.45, 2.75) is 24.7 Å². The highest BCUT2D eigenvalue weighted by Crippen LogP contribution is 2.12. The molecule has 0 fully saturated rings. The molecule has 0 radical (unpaired) electrons. The molecule has 1 amide bonds. The van der Waals surface area contributed by atoms with E-state index in [1.807, 2.05) is 16.0 Å². The topological polar surface area (TPSA) is 142 Å². The zero-order valence-electron chi connectivity index (χ0n) is 15.9. The number of amides is 1. The zero-order chi connectivity index (χ0) is 21.7. The Morgan fingerprint density at radius 1 is 1.27 bits per heavy atom. The Balaban J connectivity index is 1.58. The molecular weight excluding hydrogens is 430 g/mol. The maximum atomic E-state index is 12.1. The number of benzene rings is 1. The van der Waals surface area contributed by atoms with Crippen LogP contribution in [-0.2, 0) is 26.0 Å². The lowest BCUT2D eigenvalue weighted by atomic mass is 10.1. The Labute approximate surface area is 176 Å². The van der Waals surface area contributed by atoms with Crippen LogP contribution in [-0.4, -0.2) is 47.0 Å². The summed E-state index contributed by atoms with van der Waals surface area (Å²) in [5, 5.41) is 14.5. The van der Waals surface area contributed by atoms with Crippen LogP contribution >= 0.6 is 11.3 Å². The van der Waals surface area contributed by atoms with E-state index in [0.717, 1.165) is 4.96 Å². The third-order valence-corrected chi connectivity index (χ3v) is 6.29. The lowest BCUT2D eigenvalue weighted by molar-refractivity contribution is -0.136. The van der Waals surface area contributed by atoms with Gasteiger partial charge in [0.25, 0.3) is 0 Å². The van der Waals surface area contributed by atoms with Gasteiger partial charge < -0.3 is 5.11 Å². The van der Waals surface area contributed by atoms with Crippen LogP contribution in [0.25, 0.3) is 4.96 Å². The summed E-state index contributed by atoms with van der Waals surface area (Å²) in [7, 11) is -3.80. The van der Waals surface area contributed by atoms with Gasteiger partial charge in [0.05, 0.1) is 29.1 Å². The summed E-state index contributed by atoms with van der Waals surface area (Å²) in [6.45, 7) is 1.49. The number of aromatic nitrogens is 2. The maximum Gasteiger partial charge on any atom is 0.304 e. The second-order valence-corrected chi connectivity index (χ2v) is 8.94. The summed E-state index contributed by atoms with van der Waals surface area (Å²) in [6, 6.07) is 5.88. The van der Waals surface area contributed by atoms with E-state index in [4.69, 9.17) is 5.11 Å². The molecular formula is C18H19N5O5S2. The Morgan fingerprint density at radius 3 is 2.67 bits per heavy atom. The lowest BCUT2D eigenvalue weighted by Gasteiger charge is -2.07. The smallest absolute Gasteiger partial charge is 0.304 e. The van der Waals surface area contributed by atoms with E-state index in [1.165, 1.54) is 23.5 Å².